The highest BCUT2D eigenvalue weighted by molar-refractivity contribution is 9.10. The molecule has 0 aliphatic carbocycles. The van der Waals surface area contributed by atoms with Crippen molar-refractivity contribution in [1.82, 2.24) is 4.72 Å². The fourth-order valence-corrected chi connectivity index (χ4v) is 3.94. The Bertz CT molecular complexity index is 537. The van der Waals surface area contributed by atoms with Crippen molar-refractivity contribution in [3.63, 3.8) is 0 Å². The zero-order valence-electron chi connectivity index (χ0n) is 10.4. The van der Waals surface area contributed by atoms with E-state index in [-0.39, 0.29) is 10.6 Å². The Morgan fingerprint density at radius 1 is 1.42 bits per heavy atom. The van der Waals surface area contributed by atoms with Crippen LogP contribution in [0.5, 0.6) is 5.75 Å². The van der Waals surface area contributed by atoms with Gasteiger partial charge in [0.05, 0.1) is 11.6 Å². The third kappa shape index (κ3) is 4.61. The minimum Gasteiger partial charge on any atom is -0.494 e. The summed E-state index contributed by atoms with van der Waals surface area (Å²) in [7, 11) is -2.25. The number of hydrogen-bond acceptors (Lipinski definition) is 4. The normalized spacial score (nSPS) is 11.6. The van der Waals surface area contributed by atoms with Crippen LogP contribution >= 0.6 is 27.5 Å². The number of rotatable bonds is 7. The summed E-state index contributed by atoms with van der Waals surface area (Å²) in [4.78, 5) is 0.0159. The Morgan fingerprint density at radius 3 is 2.68 bits per heavy atom. The van der Waals surface area contributed by atoms with Crippen molar-refractivity contribution in [2.75, 3.05) is 20.2 Å². The largest absolute Gasteiger partial charge is 0.494 e. The van der Waals surface area contributed by atoms with Gasteiger partial charge >= 0.3 is 0 Å². The van der Waals surface area contributed by atoms with Crippen LogP contribution in [0.2, 0.25) is 5.02 Å². The molecule has 0 amide bonds. The molecule has 19 heavy (non-hydrogen) atoms. The van der Waals surface area contributed by atoms with Gasteiger partial charge in [0.25, 0.3) is 0 Å². The van der Waals surface area contributed by atoms with E-state index in [1.54, 1.807) is 6.07 Å². The number of nitrogens with two attached hydrogens (primary N) is 1. The number of benzene rings is 1. The second kappa shape index (κ2) is 7.44. The summed E-state index contributed by atoms with van der Waals surface area (Å²) in [6.45, 7) is 0.862. The minimum atomic E-state index is -3.66. The van der Waals surface area contributed by atoms with Gasteiger partial charge in [-0.05, 0) is 47.4 Å². The molecule has 0 radical (unpaired) electrons. The molecule has 0 spiro atoms. The van der Waals surface area contributed by atoms with Gasteiger partial charge in [-0.2, -0.15) is 0 Å². The SMILES string of the molecule is COc1c(Br)cc(Cl)cc1S(=O)(=O)NCCCCN. The second-order valence-electron chi connectivity index (χ2n) is 3.81. The number of halogens is 2. The van der Waals surface area contributed by atoms with Crippen molar-refractivity contribution < 1.29 is 13.2 Å². The van der Waals surface area contributed by atoms with Gasteiger partial charge in [-0.25, -0.2) is 13.1 Å². The fraction of sp³-hybridized carbons (Fsp3) is 0.455. The molecular weight excluding hydrogens is 356 g/mol. The number of unbranched alkanes of at least 4 members (excludes halogenated alkanes) is 1. The van der Waals surface area contributed by atoms with E-state index < -0.39 is 10.0 Å². The van der Waals surface area contributed by atoms with Crippen LogP contribution in [0.1, 0.15) is 12.8 Å². The third-order valence-electron chi connectivity index (χ3n) is 2.39. The van der Waals surface area contributed by atoms with E-state index in [1.165, 1.54) is 13.2 Å². The molecule has 0 unspecified atom stereocenters. The Kier molecular flexibility index (Phi) is 6.55. The molecule has 0 aromatic heterocycles. The van der Waals surface area contributed by atoms with Crippen LogP contribution in [0.4, 0.5) is 0 Å². The maximum Gasteiger partial charge on any atom is 0.244 e. The van der Waals surface area contributed by atoms with Crippen LogP contribution in [0.3, 0.4) is 0 Å². The highest BCUT2D eigenvalue weighted by Crippen LogP contribution is 2.35. The summed E-state index contributed by atoms with van der Waals surface area (Å²) in [5, 5.41) is 0.315. The number of hydrogen-bond donors (Lipinski definition) is 2. The summed E-state index contributed by atoms with van der Waals surface area (Å²) in [6.07, 6.45) is 1.44. The van der Waals surface area contributed by atoms with Crippen LogP contribution in [0.25, 0.3) is 0 Å². The first-order valence-corrected chi connectivity index (χ1v) is 8.30. The van der Waals surface area contributed by atoms with Crippen molar-refractivity contribution in [2.24, 2.45) is 5.73 Å². The molecule has 5 nitrogen and oxygen atoms in total. The maximum absolute atomic E-state index is 12.2. The predicted molar refractivity (Wildman–Crippen MR) is 79.2 cm³/mol. The first-order valence-electron chi connectivity index (χ1n) is 5.65. The summed E-state index contributed by atoms with van der Waals surface area (Å²) in [6, 6.07) is 2.93. The summed E-state index contributed by atoms with van der Waals surface area (Å²) >= 11 is 9.10. The number of ether oxygens (including phenoxy) is 1. The molecule has 0 bridgehead atoms. The second-order valence-corrected chi connectivity index (χ2v) is 6.84. The molecule has 1 aromatic carbocycles. The van der Waals surface area contributed by atoms with Crippen molar-refractivity contribution in [1.29, 1.82) is 0 Å². The average Bonchev–Trinajstić information content (AvgIpc) is 2.34. The smallest absolute Gasteiger partial charge is 0.244 e. The lowest BCUT2D eigenvalue weighted by Crippen LogP contribution is -2.25. The van der Waals surface area contributed by atoms with Crippen molar-refractivity contribution in [3.05, 3.63) is 21.6 Å². The molecular formula is C11H16BrClN2O3S. The van der Waals surface area contributed by atoms with E-state index in [4.69, 9.17) is 22.1 Å². The van der Waals surface area contributed by atoms with E-state index in [0.717, 1.165) is 6.42 Å². The standard InChI is InChI=1S/C11H16BrClN2O3S/c1-18-11-9(12)6-8(13)7-10(11)19(16,17)15-5-3-2-4-14/h6-7,15H,2-5,14H2,1H3. The Labute approximate surface area is 126 Å². The van der Waals surface area contributed by atoms with Crippen LogP contribution in [-0.4, -0.2) is 28.6 Å². The van der Waals surface area contributed by atoms with E-state index in [1.807, 2.05) is 0 Å². The van der Waals surface area contributed by atoms with Crippen LogP contribution in [-0.2, 0) is 10.0 Å². The summed E-state index contributed by atoms with van der Waals surface area (Å²) in [5.74, 6) is 0.232. The van der Waals surface area contributed by atoms with Gasteiger partial charge in [0.1, 0.15) is 4.90 Å². The molecule has 108 valence electrons. The molecule has 1 aromatic rings. The monoisotopic (exact) mass is 370 g/mol. The maximum atomic E-state index is 12.2. The zero-order chi connectivity index (χ0) is 14.5. The predicted octanol–water partition coefficient (Wildman–Crippen LogP) is 2.13. The van der Waals surface area contributed by atoms with Crippen molar-refractivity contribution in [3.8, 4) is 5.75 Å². The first kappa shape index (κ1) is 16.7. The molecule has 0 saturated heterocycles. The van der Waals surface area contributed by atoms with Crippen LogP contribution in [0, 0.1) is 0 Å². The molecule has 0 aliphatic rings. The molecule has 0 aliphatic heterocycles. The van der Waals surface area contributed by atoms with Gasteiger partial charge in [0.2, 0.25) is 10.0 Å². The lowest BCUT2D eigenvalue weighted by Gasteiger charge is -2.12. The molecule has 3 N–H and O–H groups in total. The van der Waals surface area contributed by atoms with Crippen molar-refractivity contribution >= 4 is 37.6 Å². The average molecular weight is 372 g/mol. The van der Waals surface area contributed by atoms with E-state index in [2.05, 4.69) is 20.7 Å². The summed E-state index contributed by atoms with van der Waals surface area (Å²) < 4.78 is 32.4. The van der Waals surface area contributed by atoms with E-state index in [0.29, 0.717) is 29.0 Å². The zero-order valence-corrected chi connectivity index (χ0v) is 13.6. The molecule has 0 atom stereocenters. The number of sulfonamides is 1. The Morgan fingerprint density at radius 2 is 2.11 bits per heavy atom. The third-order valence-corrected chi connectivity index (χ3v) is 4.66. The summed E-state index contributed by atoms with van der Waals surface area (Å²) in [5.41, 5.74) is 5.35. The highest BCUT2D eigenvalue weighted by Gasteiger charge is 2.21. The Hall–Kier alpha value is -0.340. The first-order chi connectivity index (χ1) is 8.92. The Balaban J connectivity index is 3.00. The van der Waals surface area contributed by atoms with Gasteiger partial charge in [0, 0.05) is 11.6 Å². The number of methoxy groups -OCH3 is 1. The van der Waals surface area contributed by atoms with Crippen LogP contribution < -0.4 is 15.2 Å². The fourth-order valence-electron chi connectivity index (χ4n) is 1.49. The molecule has 0 saturated carbocycles. The van der Waals surface area contributed by atoms with E-state index in [9.17, 15) is 8.42 Å². The molecule has 0 heterocycles. The molecule has 0 fully saturated rings. The highest BCUT2D eigenvalue weighted by atomic mass is 79.9. The number of nitrogens with one attached hydrogen (secondary N) is 1. The van der Waals surface area contributed by atoms with E-state index >= 15 is 0 Å². The van der Waals surface area contributed by atoms with Crippen LogP contribution in [0.15, 0.2) is 21.5 Å². The van der Waals surface area contributed by atoms with Gasteiger partial charge in [-0.15, -0.1) is 0 Å². The van der Waals surface area contributed by atoms with Gasteiger partial charge in [-0.3, -0.25) is 0 Å². The van der Waals surface area contributed by atoms with Gasteiger partial charge in [-0.1, -0.05) is 11.6 Å². The van der Waals surface area contributed by atoms with Crippen molar-refractivity contribution in [2.45, 2.75) is 17.7 Å². The lowest BCUT2D eigenvalue weighted by molar-refractivity contribution is 0.399. The topological polar surface area (TPSA) is 81.4 Å². The molecule has 1 rings (SSSR count). The lowest BCUT2D eigenvalue weighted by atomic mass is 10.3. The van der Waals surface area contributed by atoms with Gasteiger partial charge < -0.3 is 10.5 Å². The molecule has 8 heteroatoms. The quantitative estimate of drug-likeness (QED) is 0.719. The van der Waals surface area contributed by atoms with Gasteiger partial charge in [0.15, 0.2) is 5.75 Å². The minimum absolute atomic E-state index is 0.0159.